The Hall–Kier alpha value is -2.06. The van der Waals surface area contributed by atoms with E-state index >= 15 is 0 Å². The molecule has 1 aromatic heterocycles. The molecule has 0 aliphatic rings. The van der Waals surface area contributed by atoms with Gasteiger partial charge in [0.25, 0.3) is 0 Å². The van der Waals surface area contributed by atoms with Crippen LogP contribution < -0.4 is 0 Å². The second kappa shape index (κ2) is 5.87. The number of aliphatic hydroxyl groups excluding tert-OH is 1. The molecule has 0 saturated heterocycles. The summed E-state index contributed by atoms with van der Waals surface area (Å²) in [6.45, 7) is 1.63. The molecule has 6 heteroatoms. The number of allylic oxidation sites excluding steroid dienone is 1. The van der Waals surface area contributed by atoms with E-state index in [4.69, 9.17) is 16.7 Å². The number of hydrogen-bond acceptors (Lipinski definition) is 3. The van der Waals surface area contributed by atoms with E-state index in [9.17, 15) is 9.90 Å². The average Bonchev–Trinajstić information content (AvgIpc) is 2.31. The third kappa shape index (κ3) is 3.78. The summed E-state index contributed by atoms with van der Waals surface area (Å²) in [6, 6.07) is 5.34. The molecule has 0 aromatic carbocycles. The van der Waals surface area contributed by atoms with Gasteiger partial charge in [0.05, 0.1) is 11.1 Å². The summed E-state index contributed by atoms with van der Waals surface area (Å²) in [7, 11) is 0. The van der Waals surface area contributed by atoms with Crippen molar-refractivity contribution in [2.24, 2.45) is 0 Å². The van der Waals surface area contributed by atoms with E-state index in [1.165, 1.54) is 12.3 Å². The molecular formula is C11H10ClN2O3+. The minimum absolute atomic E-state index is 0.193. The first kappa shape index (κ1) is 13.0. The lowest BCUT2D eigenvalue weighted by molar-refractivity contribution is -0.132. The maximum atomic E-state index is 10.8. The Morgan fingerprint density at radius 2 is 2.24 bits per heavy atom. The third-order valence-electron chi connectivity index (χ3n) is 1.83. The Bertz CT molecular complexity index is 512. The van der Waals surface area contributed by atoms with E-state index in [-0.39, 0.29) is 23.6 Å². The monoisotopic (exact) mass is 253 g/mol. The third-order valence-corrected chi connectivity index (χ3v) is 2.05. The van der Waals surface area contributed by atoms with Crippen LogP contribution >= 0.6 is 11.6 Å². The molecule has 0 saturated carbocycles. The molecular weight excluding hydrogens is 244 g/mol. The number of halogens is 1. The van der Waals surface area contributed by atoms with E-state index in [0.717, 1.165) is 0 Å². The molecule has 2 N–H and O–H groups in total. The highest BCUT2D eigenvalue weighted by Gasteiger charge is 2.14. The maximum Gasteiger partial charge on any atom is 0.426 e. The van der Waals surface area contributed by atoms with Crippen molar-refractivity contribution >= 4 is 23.4 Å². The van der Waals surface area contributed by atoms with Crippen molar-refractivity contribution in [3.63, 3.8) is 0 Å². The summed E-state index contributed by atoms with van der Waals surface area (Å²) in [5.74, 6) is -1.31. The molecule has 88 valence electrons. The van der Waals surface area contributed by atoms with Gasteiger partial charge < -0.3 is 10.2 Å². The Kier molecular flexibility index (Phi) is 4.49. The van der Waals surface area contributed by atoms with Crippen LogP contribution in [0.3, 0.4) is 0 Å². The van der Waals surface area contributed by atoms with Crippen LogP contribution in [0.4, 0.5) is 5.82 Å². The second-order valence-electron chi connectivity index (χ2n) is 3.04. The molecule has 1 aromatic rings. The van der Waals surface area contributed by atoms with Crippen LogP contribution in [-0.4, -0.2) is 21.2 Å². The number of pyridine rings is 1. The smallest absolute Gasteiger partial charge is 0.426 e. The van der Waals surface area contributed by atoms with Crippen LogP contribution in [-0.2, 0) is 4.79 Å². The quantitative estimate of drug-likeness (QED) is 0.483. The number of nitrogens with zero attached hydrogens (tertiary/aromatic N) is 2. The first-order valence-electron chi connectivity index (χ1n) is 4.78. The van der Waals surface area contributed by atoms with E-state index in [0.29, 0.717) is 5.02 Å². The normalized spacial score (nSPS) is 11.2. The molecule has 0 aliphatic heterocycles. The molecule has 1 heterocycles. The number of aliphatic hydroxyl groups is 1. The van der Waals surface area contributed by atoms with Gasteiger partial charge in [-0.05, 0) is 11.1 Å². The van der Waals surface area contributed by atoms with E-state index in [1.54, 1.807) is 13.0 Å². The molecule has 0 amide bonds. The lowest BCUT2D eigenvalue weighted by Gasteiger charge is -1.93. The largest absolute Gasteiger partial charge is 0.511 e. The molecule has 0 atom stereocenters. The summed E-state index contributed by atoms with van der Waals surface area (Å²) in [4.78, 5) is 18.3. The van der Waals surface area contributed by atoms with Gasteiger partial charge in [-0.15, -0.1) is 4.85 Å². The Morgan fingerprint density at radius 1 is 1.53 bits per heavy atom. The predicted octanol–water partition coefficient (Wildman–Crippen LogP) is 3.01. The fourth-order valence-electron chi connectivity index (χ4n) is 0.960. The molecule has 0 bridgehead atoms. The fraction of sp³-hybridized carbons (Fsp3) is 0.182. The zero-order chi connectivity index (χ0) is 12.8. The Balaban J connectivity index is 3.04. The highest BCUT2D eigenvalue weighted by molar-refractivity contribution is 6.30. The van der Waals surface area contributed by atoms with Crippen molar-refractivity contribution in [1.29, 1.82) is 0 Å². The highest BCUT2D eigenvalue weighted by atomic mass is 35.5. The van der Waals surface area contributed by atoms with Gasteiger partial charge in [0.1, 0.15) is 5.76 Å². The van der Waals surface area contributed by atoms with E-state index < -0.39 is 5.97 Å². The Morgan fingerprint density at radius 3 is 2.71 bits per heavy atom. The second-order valence-corrected chi connectivity index (χ2v) is 3.48. The van der Waals surface area contributed by atoms with Crippen molar-refractivity contribution < 1.29 is 15.0 Å². The average molecular weight is 254 g/mol. The van der Waals surface area contributed by atoms with Crippen molar-refractivity contribution in [3.8, 4) is 6.07 Å². The standard InChI is InChI=1S/C11H9ClN2O3/c1-2-9(15)8(11(16)17)6-14-10-4-3-7(12)5-13-10/h3-5H,2H2,1H3,(H,16,17)/p+1. The predicted molar refractivity (Wildman–Crippen MR) is 63.7 cm³/mol. The lowest BCUT2D eigenvalue weighted by atomic mass is 10.2. The number of carboxylic acids is 1. The van der Waals surface area contributed by atoms with Gasteiger partial charge in [0, 0.05) is 6.42 Å². The number of rotatable bonds is 2. The van der Waals surface area contributed by atoms with Crippen LogP contribution in [0.25, 0.3) is 4.85 Å². The van der Waals surface area contributed by atoms with Crippen molar-refractivity contribution in [3.05, 3.63) is 39.5 Å². The van der Waals surface area contributed by atoms with Gasteiger partial charge in [0.2, 0.25) is 6.07 Å². The first-order chi connectivity index (χ1) is 8.04. The minimum atomic E-state index is -1.29. The Labute approximate surface area is 103 Å². The van der Waals surface area contributed by atoms with Crippen molar-refractivity contribution in [1.82, 2.24) is 4.98 Å². The van der Waals surface area contributed by atoms with Gasteiger partial charge >= 0.3 is 11.8 Å². The summed E-state index contributed by atoms with van der Waals surface area (Å²) < 4.78 is 0. The molecule has 0 unspecified atom stereocenters. The van der Waals surface area contributed by atoms with Crippen molar-refractivity contribution in [2.75, 3.05) is 0 Å². The summed E-state index contributed by atoms with van der Waals surface area (Å²) in [5.41, 5.74) is -0.371. The zero-order valence-corrected chi connectivity index (χ0v) is 9.77. The van der Waals surface area contributed by atoms with Crippen LogP contribution in [0.15, 0.2) is 29.7 Å². The number of aromatic nitrogens is 1. The van der Waals surface area contributed by atoms with E-state index in [2.05, 4.69) is 15.9 Å². The number of aliphatic carboxylic acids is 1. The topological polar surface area (TPSA) is 74.8 Å². The maximum absolute atomic E-state index is 10.8. The van der Waals surface area contributed by atoms with E-state index in [1.807, 2.05) is 0 Å². The van der Waals surface area contributed by atoms with Crippen LogP contribution in [0.2, 0.25) is 5.02 Å². The number of hydrogen-bond donors (Lipinski definition) is 2. The van der Waals surface area contributed by atoms with Gasteiger partial charge in [0.15, 0.2) is 11.8 Å². The highest BCUT2D eigenvalue weighted by Crippen LogP contribution is 2.13. The van der Waals surface area contributed by atoms with Gasteiger partial charge in [-0.25, -0.2) is 4.79 Å². The van der Waals surface area contributed by atoms with Gasteiger partial charge in [-0.2, -0.15) is 0 Å². The van der Waals surface area contributed by atoms with Crippen LogP contribution in [0.5, 0.6) is 0 Å². The lowest BCUT2D eigenvalue weighted by Crippen LogP contribution is -2.02. The number of carbonyl (C=O) groups is 1. The summed E-state index contributed by atoms with van der Waals surface area (Å²) in [6.07, 6.45) is 1.57. The van der Waals surface area contributed by atoms with Gasteiger partial charge in [-0.3, -0.25) is 0 Å². The molecule has 5 nitrogen and oxygen atoms in total. The number of carboxylic acid groups (broad SMARTS) is 1. The molecule has 17 heavy (non-hydrogen) atoms. The van der Waals surface area contributed by atoms with Crippen LogP contribution in [0, 0.1) is 6.07 Å². The summed E-state index contributed by atoms with van der Waals surface area (Å²) in [5, 5.41) is 18.6. The minimum Gasteiger partial charge on any atom is -0.511 e. The summed E-state index contributed by atoms with van der Waals surface area (Å²) >= 11 is 5.63. The molecule has 0 spiro atoms. The zero-order valence-electron chi connectivity index (χ0n) is 9.01. The molecule has 0 fully saturated rings. The SMILES string of the molecule is CC/C(O)=C(\C#[N+]c1ccc(Cl)cn1)C(=O)O. The molecule has 0 aliphatic carbocycles. The van der Waals surface area contributed by atoms with Gasteiger partial charge in [-0.1, -0.05) is 18.5 Å². The molecule has 1 rings (SSSR count). The fourth-order valence-corrected chi connectivity index (χ4v) is 1.07. The van der Waals surface area contributed by atoms with Crippen molar-refractivity contribution in [2.45, 2.75) is 13.3 Å². The van der Waals surface area contributed by atoms with Crippen LogP contribution in [0.1, 0.15) is 13.3 Å². The molecule has 0 radical (unpaired) electrons. The first-order valence-corrected chi connectivity index (χ1v) is 5.16.